The molecule has 13 nitrogen and oxygen atoms in total. The highest BCUT2D eigenvalue weighted by Gasteiger charge is 2.32. The van der Waals surface area contributed by atoms with Crippen molar-refractivity contribution in [1.29, 1.82) is 0 Å². The highest BCUT2D eigenvalue weighted by molar-refractivity contribution is 7.99. The molecule has 0 saturated carbocycles. The van der Waals surface area contributed by atoms with Gasteiger partial charge in [0.15, 0.2) is 0 Å². The van der Waals surface area contributed by atoms with Crippen molar-refractivity contribution in [3.05, 3.63) is 54.1 Å². The molecule has 3 aliphatic heterocycles. The van der Waals surface area contributed by atoms with E-state index in [1.165, 1.54) is 9.80 Å². The van der Waals surface area contributed by atoms with Gasteiger partial charge in [-0.2, -0.15) is 0 Å². The first-order valence-corrected chi connectivity index (χ1v) is 16.3. The molecule has 246 valence electrons. The number of amidine groups is 1. The number of aliphatic imine (C=N–C) groups is 1. The molecule has 2 aromatic rings. The number of para-hydroxylation sites is 1. The van der Waals surface area contributed by atoms with E-state index in [1.54, 1.807) is 11.8 Å². The summed E-state index contributed by atoms with van der Waals surface area (Å²) in [5.74, 6) is -1.49. The fraction of sp³-hybridized carbons (Fsp3) is 0.469. The van der Waals surface area contributed by atoms with Crippen molar-refractivity contribution in [3.8, 4) is 0 Å². The van der Waals surface area contributed by atoms with Crippen LogP contribution in [0.15, 0.2) is 63.3 Å². The minimum absolute atomic E-state index is 0.0479. The van der Waals surface area contributed by atoms with Crippen molar-refractivity contribution in [2.24, 2.45) is 4.99 Å². The molecule has 0 radical (unpaired) electrons. The molecule has 2 fully saturated rings. The van der Waals surface area contributed by atoms with Crippen molar-refractivity contribution in [2.45, 2.75) is 28.7 Å². The van der Waals surface area contributed by atoms with Crippen LogP contribution in [0, 0.1) is 0 Å². The lowest BCUT2D eigenvalue weighted by molar-refractivity contribution is -0.147. The molecule has 0 bridgehead atoms. The summed E-state index contributed by atoms with van der Waals surface area (Å²) >= 11 is 1.70. The van der Waals surface area contributed by atoms with Gasteiger partial charge in [-0.25, -0.2) is 4.99 Å². The number of hydrogen-bond acceptors (Lipinski definition) is 10. The molecular weight excluding hydrogens is 612 g/mol. The van der Waals surface area contributed by atoms with Gasteiger partial charge in [0.1, 0.15) is 18.7 Å². The summed E-state index contributed by atoms with van der Waals surface area (Å²) in [6, 6.07) is 16.2. The first kappa shape index (κ1) is 33.4. The first-order valence-electron chi connectivity index (χ1n) is 15.5. The highest BCUT2D eigenvalue weighted by atomic mass is 32.2. The summed E-state index contributed by atoms with van der Waals surface area (Å²) in [6.45, 7) is 4.61. The van der Waals surface area contributed by atoms with Crippen LogP contribution in [0.1, 0.15) is 18.4 Å². The van der Waals surface area contributed by atoms with Crippen molar-refractivity contribution in [2.75, 3.05) is 78.7 Å². The number of ether oxygens (including phenoxy) is 1. The molecule has 5 rings (SSSR count). The second kappa shape index (κ2) is 16.0. The number of aliphatic hydroxyl groups excluding tert-OH is 1. The molecule has 1 unspecified atom stereocenters. The Kier molecular flexibility index (Phi) is 11.6. The van der Waals surface area contributed by atoms with Crippen molar-refractivity contribution in [1.82, 2.24) is 24.9 Å². The van der Waals surface area contributed by atoms with E-state index in [0.717, 1.165) is 33.4 Å². The van der Waals surface area contributed by atoms with E-state index in [0.29, 0.717) is 32.8 Å². The lowest BCUT2D eigenvalue weighted by Gasteiger charge is -2.43. The number of carboxylic acids is 1. The largest absolute Gasteiger partial charge is 0.481 e. The van der Waals surface area contributed by atoms with Gasteiger partial charge in [0, 0.05) is 80.3 Å². The number of nitrogens with one attached hydrogen (secondary N) is 1. The van der Waals surface area contributed by atoms with Gasteiger partial charge in [-0.05, 0) is 18.2 Å². The third-order valence-corrected chi connectivity index (χ3v) is 9.38. The zero-order chi connectivity index (χ0) is 32.5. The van der Waals surface area contributed by atoms with Gasteiger partial charge >= 0.3 is 5.97 Å². The normalized spacial score (nSPS) is 18.2. The van der Waals surface area contributed by atoms with Crippen molar-refractivity contribution >= 4 is 47.0 Å². The maximum absolute atomic E-state index is 13.0. The fourth-order valence-corrected chi connectivity index (χ4v) is 6.84. The van der Waals surface area contributed by atoms with Gasteiger partial charge in [-0.1, -0.05) is 42.1 Å². The SMILES string of the molecule is O=C(O)CC(=O)N1CCN(C(=O)CC(=O)NCC2CN(C3=Nc4ccccc4Sc4ccccc43)CCN2CCOCCO)CC1. The highest BCUT2D eigenvalue weighted by Crippen LogP contribution is 2.40. The summed E-state index contributed by atoms with van der Waals surface area (Å²) in [7, 11) is 0. The third kappa shape index (κ3) is 8.63. The van der Waals surface area contributed by atoms with Crippen molar-refractivity contribution in [3.63, 3.8) is 0 Å². The summed E-state index contributed by atoms with van der Waals surface area (Å²) in [5.41, 5.74) is 1.97. The number of carbonyl (C=O) groups is 4. The van der Waals surface area contributed by atoms with Crippen LogP contribution in [-0.4, -0.2) is 144 Å². The molecule has 2 saturated heterocycles. The fourth-order valence-electron chi connectivity index (χ4n) is 5.82. The average Bonchev–Trinajstić information content (AvgIpc) is 3.23. The van der Waals surface area contributed by atoms with Crippen LogP contribution in [-0.2, 0) is 23.9 Å². The molecule has 0 spiro atoms. The minimum atomic E-state index is -1.19. The van der Waals surface area contributed by atoms with E-state index >= 15 is 0 Å². The van der Waals surface area contributed by atoms with Crippen LogP contribution in [0.5, 0.6) is 0 Å². The Morgan fingerprint density at radius 3 is 2.26 bits per heavy atom. The van der Waals surface area contributed by atoms with Gasteiger partial charge in [0.05, 0.1) is 25.5 Å². The number of carboxylic acid groups (broad SMARTS) is 1. The van der Waals surface area contributed by atoms with Crippen LogP contribution < -0.4 is 5.32 Å². The molecule has 2 aromatic carbocycles. The van der Waals surface area contributed by atoms with E-state index in [1.807, 2.05) is 30.3 Å². The van der Waals surface area contributed by atoms with Gasteiger partial charge in [0.2, 0.25) is 17.7 Å². The standard InChI is InChI=1S/C32H40N6O7S/c39-16-18-45-17-15-35-9-14-38(32-24-5-1-3-7-26(24)46-27-8-4-2-6-25(27)34-32)22-23(35)21-33-28(40)19-29(41)36-10-12-37(13-11-36)30(42)20-31(43)44/h1-8,23,39H,9-22H2,(H,33,40)(H,43,44). The molecule has 3 amide bonds. The molecule has 3 heterocycles. The predicted molar refractivity (Wildman–Crippen MR) is 171 cm³/mol. The Morgan fingerprint density at radius 1 is 0.870 bits per heavy atom. The second-order valence-electron chi connectivity index (χ2n) is 11.3. The number of aliphatic carboxylic acids is 1. The quantitative estimate of drug-likeness (QED) is 0.235. The molecule has 46 heavy (non-hydrogen) atoms. The van der Waals surface area contributed by atoms with E-state index in [-0.39, 0.29) is 63.7 Å². The molecule has 1 atom stereocenters. The van der Waals surface area contributed by atoms with Gasteiger partial charge in [-0.3, -0.25) is 24.1 Å². The smallest absolute Gasteiger partial charge is 0.312 e. The Bertz CT molecular complexity index is 1450. The Balaban J connectivity index is 1.22. The molecular formula is C32H40N6O7S. The van der Waals surface area contributed by atoms with E-state index in [9.17, 15) is 19.2 Å². The Hall–Kier alpha value is -3.98. The van der Waals surface area contributed by atoms with Crippen LogP contribution >= 0.6 is 11.8 Å². The number of piperazine rings is 2. The summed E-state index contributed by atoms with van der Waals surface area (Å²) in [4.78, 5) is 63.5. The number of hydrogen-bond donors (Lipinski definition) is 3. The van der Waals surface area contributed by atoms with Crippen LogP contribution in [0.25, 0.3) is 0 Å². The summed E-state index contributed by atoms with van der Waals surface area (Å²) in [5, 5.41) is 20.9. The van der Waals surface area contributed by atoms with Gasteiger partial charge in [-0.15, -0.1) is 0 Å². The lowest BCUT2D eigenvalue weighted by Crippen LogP contribution is -2.59. The molecule has 3 aliphatic rings. The second-order valence-corrected chi connectivity index (χ2v) is 12.4. The minimum Gasteiger partial charge on any atom is -0.481 e. The first-order chi connectivity index (χ1) is 22.3. The van der Waals surface area contributed by atoms with E-state index in [2.05, 4.69) is 33.3 Å². The number of amides is 3. The zero-order valence-corrected chi connectivity index (χ0v) is 26.5. The van der Waals surface area contributed by atoms with Gasteiger partial charge in [0.25, 0.3) is 0 Å². The number of nitrogens with zero attached hydrogens (tertiary/aromatic N) is 5. The zero-order valence-electron chi connectivity index (χ0n) is 25.7. The number of fused-ring (bicyclic) bond motifs is 2. The topological polar surface area (TPSA) is 155 Å². The number of carbonyl (C=O) groups excluding carboxylic acids is 3. The van der Waals surface area contributed by atoms with Crippen LogP contribution in [0.4, 0.5) is 5.69 Å². The Morgan fingerprint density at radius 2 is 1.54 bits per heavy atom. The van der Waals surface area contributed by atoms with Crippen molar-refractivity contribution < 1.29 is 34.1 Å². The third-order valence-electron chi connectivity index (χ3n) is 8.24. The van der Waals surface area contributed by atoms with E-state index in [4.69, 9.17) is 19.9 Å². The maximum Gasteiger partial charge on any atom is 0.312 e. The number of benzene rings is 2. The average molecular weight is 653 g/mol. The Labute approximate surface area is 272 Å². The van der Waals surface area contributed by atoms with Crippen LogP contribution in [0.2, 0.25) is 0 Å². The van der Waals surface area contributed by atoms with Crippen LogP contribution in [0.3, 0.4) is 0 Å². The summed E-state index contributed by atoms with van der Waals surface area (Å²) in [6.07, 6.45) is -0.890. The monoisotopic (exact) mass is 652 g/mol. The maximum atomic E-state index is 13.0. The molecule has 14 heteroatoms. The lowest BCUT2D eigenvalue weighted by atomic mass is 10.1. The predicted octanol–water partition coefficient (Wildman–Crippen LogP) is 0.876. The number of rotatable bonds is 11. The van der Waals surface area contributed by atoms with E-state index < -0.39 is 18.3 Å². The number of aliphatic hydroxyl groups is 1. The molecule has 0 aromatic heterocycles. The molecule has 3 N–H and O–H groups in total. The molecule has 0 aliphatic carbocycles. The van der Waals surface area contributed by atoms with Gasteiger partial charge < -0.3 is 35.0 Å². The summed E-state index contributed by atoms with van der Waals surface area (Å²) < 4.78 is 5.54.